The third-order valence-corrected chi connectivity index (χ3v) is 4.05. The van der Waals surface area contributed by atoms with E-state index in [9.17, 15) is 4.79 Å². The summed E-state index contributed by atoms with van der Waals surface area (Å²) >= 11 is 1.57. The third-order valence-electron chi connectivity index (χ3n) is 2.91. The Labute approximate surface area is 88.4 Å². The number of nitrogens with zero attached hydrogens (tertiary/aromatic N) is 1. The molecule has 1 aromatic rings. The smallest absolute Gasteiger partial charge is 0.178 e. The van der Waals surface area contributed by atoms with E-state index in [0.717, 1.165) is 12.7 Å². The Kier molecular flexibility index (Phi) is 2.96. The number of hydrogen-bond acceptors (Lipinski definition) is 3. The van der Waals surface area contributed by atoms with Crippen LogP contribution < -0.4 is 0 Å². The Morgan fingerprint density at radius 2 is 2.21 bits per heavy atom. The van der Waals surface area contributed by atoms with Crippen molar-refractivity contribution < 1.29 is 4.79 Å². The number of rotatable bonds is 3. The molecule has 1 fully saturated rings. The Bertz CT molecular complexity index is 326. The quantitative estimate of drug-likeness (QED) is 0.716. The second-order valence-corrected chi connectivity index (χ2v) is 4.93. The molecule has 76 valence electrons. The molecule has 0 aliphatic heterocycles. The Hall–Kier alpha value is -0.700. The van der Waals surface area contributed by atoms with Crippen molar-refractivity contribution in [2.45, 2.75) is 44.9 Å². The molecule has 0 aromatic carbocycles. The molecular formula is C11H15NOS. The highest BCUT2D eigenvalue weighted by molar-refractivity contribution is 7.13. The summed E-state index contributed by atoms with van der Waals surface area (Å²) in [6, 6.07) is 0. The minimum absolute atomic E-state index is 0.634. The van der Waals surface area contributed by atoms with Gasteiger partial charge in [-0.3, -0.25) is 4.79 Å². The van der Waals surface area contributed by atoms with Crippen LogP contribution in [0.1, 0.15) is 58.9 Å². The van der Waals surface area contributed by atoms with Gasteiger partial charge in [0.1, 0.15) is 0 Å². The summed E-state index contributed by atoms with van der Waals surface area (Å²) in [6.45, 7) is 2.14. The maximum Gasteiger partial charge on any atom is 0.178 e. The zero-order valence-corrected chi connectivity index (χ0v) is 9.27. The van der Waals surface area contributed by atoms with Crippen LogP contribution in [-0.4, -0.2) is 11.3 Å². The fraction of sp³-hybridized carbons (Fsp3) is 0.636. The lowest BCUT2D eigenvalue weighted by Gasteiger charge is -2.06. The van der Waals surface area contributed by atoms with Gasteiger partial charge in [0.2, 0.25) is 0 Å². The molecule has 1 saturated carbocycles. The summed E-state index contributed by atoms with van der Waals surface area (Å²) in [5.41, 5.74) is 1.22. The van der Waals surface area contributed by atoms with E-state index in [1.165, 1.54) is 36.3 Å². The van der Waals surface area contributed by atoms with Crippen LogP contribution in [0.15, 0.2) is 0 Å². The fourth-order valence-electron chi connectivity index (χ4n) is 2.20. The minimum Gasteiger partial charge on any atom is -0.295 e. The summed E-state index contributed by atoms with van der Waals surface area (Å²) < 4.78 is 0. The van der Waals surface area contributed by atoms with Crippen LogP contribution in [0.25, 0.3) is 0 Å². The van der Waals surface area contributed by atoms with Crippen LogP contribution in [-0.2, 0) is 6.42 Å². The van der Waals surface area contributed by atoms with Gasteiger partial charge in [0.05, 0.1) is 5.69 Å². The highest BCUT2D eigenvalue weighted by atomic mass is 32.1. The van der Waals surface area contributed by atoms with E-state index in [2.05, 4.69) is 11.9 Å². The molecule has 0 N–H and O–H groups in total. The molecule has 1 heterocycles. The molecule has 1 aliphatic rings. The standard InChI is InChI=1S/C11H15NOS/c1-2-9-11(8-5-3-4-6-8)12-10(7-13)14-9/h7-8H,2-6H2,1H3. The van der Waals surface area contributed by atoms with Crippen LogP contribution in [0.5, 0.6) is 0 Å². The number of aryl methyl sites for hydroxylation is 1. The average Bonchev–Trinajstić information content (AvgIpc) is 2.85. The van der Waals surface area contributed by atoms with Crippen molar-refractivity contribution >= 4 is 17.6 Å². The van der Waals surface area contributed by atoms with Crippen LogP contribution >= 0.6 is 11.3 Å². The van der Waals surface area contributed by atoms with Gasteiger partial charge in [-0.2, -0.15) is 0 Å². The second kappa shape index (κ2) is 4.22. The van der Waals surface area contributed by atoms with E-state index in [1.807, 2.05) is 0 Å². The number of carbonyl (C=O) groups is 1. The molecule has 0 spiro atoms. The van der Waals surface area contributed by atoms with Gasteiger partial charge in [-0.1, -0.05) is 19.8 Å². The average molecular weight is 209 g/mol. The van der Waals surface area contributed by atoms with Gasteiger partial charge in [-0.15, -0.1) is 11.3 Å². The number of hydrogen-bond donors (Lipinski definition) is 0. The Morgan fingerprint density at radius 1 is 1.50 bits per heavy atom. The van der Waals surface area contributed by atoms with E-state index in [4.69, 9.17) is 0 Å². The highest BCUT2D eigenvalue weighted by Gasteiger charge is 2.22. The van der Waals surface area contributed by atoms with Crippen molar-refractivity contribution in [3.63, 3.8) is 0 Å². The van der Waals surface area contributed by atoms with Gasteiger partial charge in [-0.25, -0.2) is 4.98 Å². The first-order chi connectivity index (χ1) is 6.85. The molecule has 2 rings (SSSR count). The van der Waals surface area contributed by atoms with Gasteiger partial charge in [0.15, 0.2) is 11.3 Å². The lowest BCUT2D eigenvalue weighted by molar-refractivity contribution is 0.112. The Balaban J connectivity index is 2.29. The molecule has 0 bridgehead atoms. The van der Waals surface area contributed by atoms with Gasteiger partial charge < -0.3 is 0 Å². The molecule has 0 atom stereocenters. The van der Waals surface area contributed by atoms with Crippen LogP contribution in [0.4, 0.5) is 0 Å². The number of thiazole rings is 1. The SMILES string of the molecule is CCc1sc(C=O)nc1C1CCCC1. The molecule has 14 heavy (non-hydrogen) atoms. The largest absolute Gasteiger partial charge is 0.295 e. The zero-order chi connectivity index (χ0) is 9.97. The van der Waals surface area contributed by atoms with Gasteiger partial charge in [-0.05, 0) is 19.3 Å². The molecule has 0 unspecified atom stereocenters. The molecule has 0 radical (unpaired) electrons. The van der Waals surface area contributed by atoms with Crippen LogP contribution in [0, 0.1) is 0 Å². The zero-order valence-electron chi connectivity index (χ0n) is 8.45. The molecule has 0 amide bonds. The van der Waals surface area contributed by atoms with Crippen molar-refractivity contribution in [2.24, 2.45) is 0 Å². The lowest BCUT2D eigenvalue weighted by Crippen LogP contribution is -1.96. The number of aldehydes is 1. The highest BCUT2D eigenvalue weighted by Crippen LogP contribution is 2.37. The maximum absolute atomic E-state index is 10.7. The second-order valence-electron chi connectivity index (χ2n) is 3.81. The molecule has 1 aromatic heterocycles. The molecule has 3 heteroatoms. The van der Waals surface area contributed by atoms with Gasteiger partial charge >= 0.3 is 0 Å². The predicted molar refractivity (Wildman–Crippen MR) is 58.1 cm³/mol. The van der Waals surface area contributed by atoms with Gasteiger partial charge in [0.25, 0.3) is 0 Å². The van der Waals surface area contributed by atoms with Crippen molar-refractivity contribution in [1.82, 2.24) is 4.98 Å². The first-order valence-electron chi connectivity index (χ1n) is 5.30. The summed E-state index contributed by atoms with van der Waals surface area (Å²) in [6.07, 6.45) is 7.05. The van der Waals surface area contributed by atoms with Crippen LogP contribution in [0.2, 0.25) is 0 Å². The van der Waals surface area contributed by atoms with E-state index < -0.39 is 0 Å². The normalized spacial score (nSPS) is 17.5. The first kappa shape index (κ1) is 9.84. The maximum atomic E-state index is 10.7. The molecule has 1 aliphatic carbocycles. The van der Waals surface area contributed by atoms with Crippen molar-refractivity contribution in [3.05, 3.63) is 15.6 Å². The summed E-state index contributed by atoms with van der Waals surface area (Å²) in [5.74, 6) is 0.634. The molecular weight excluding hydrogens is 194 g/mol. The van der Waals surface area contributed by atoms with Crippen molar-refractivity contribution in [3.8, 4) is 0 Å². The summed E-state index contributed by atoms with van der Waals surface area (Å²) in [7, 11) is 0. The third kappa shape index (κ3) is 1.73. The fourth-order valence-corrected chi connectivity index (χ4v) is 3.11. The van der Waals surface area contributed by atoms with Crippen LogP contribution in [0.3, 0.4) is 0 Å². The summed E-state index contributed by atoms with van der Waals surface area (Å²) in [4.78, 5) is 16.4. The molecule has 0 saturated heterocycles. The molecule has 2 nitrogen and oxygen atoms in total. The van der Waals surface area contributed by atoms with E-state index >= 15 is 0 Å². The van der Waals surface area contributed by atoms with E-state index in [1.54, 1.807) is 11.3 Å². The monoisotopic (exact) mass is 209 g/mol. The van der Waals surface area contributed by atoms with E-state index in [0.29, 0.717) is 10.9 Å². The summed E-state index contributed by atoms with van der Waals surface area (Å²) in [5, 5.41) is 0.656. The number of aromatic nitrogens is 1. The number of carbonyl (C=O) groups excluding carboxylic acids is 1. The lowest BCUT2D eigenvalue weighted by atomic mass is 10.0. The van der Waals surface area contributed by atoms with Crippen molar-refractivity contribution in [1.29, 1.82) is 0 Å². The van der Waals surface area contributed by atoms with Crippen molar-refractivity contribution in [2.75, 3.05) is 0 Å². The topological polar surface area (TPSA) is 30.0 Å². The van der Waals surface area contributed by atoms with Gasteiger partial charge in [0, 0.05) is 10.8 Å². The minimum atomic E-state index is 0.634. The predicted octanol–water partition coefficient (Wildman–Crippen LogP) is 3.18. The Morgan fingerprint density at radius 3 is 2.79 bits per heavy atom. The first-order valence-corrected chi connectivity index (χ1v) is 6.11. The van der Waals surface area contributed by atoms with E-state index in [-0.39, 0.29) is 0 Å².